The zero-order valence-corrected chi connectivity index (χ0v) is 12.1. The predicted molar refractivity (Wildman–Crippen MR) is 83.1 cm³/mol. The fraction of sp³-hybridized carbons (Fsp3) is 0.0625. The number of fused-ring (bicyclic) bond motifs is 1. The van der Waals surface area contributed by atoms with Crippen molar-refractivity contribution in [2.45, 2.75) is 0 Å². The van der Waals surface area contributed by atoms with Gasteiger partial charge in [0.15, 0.2) is 6.61 Å². The van der Waals surface area contributed by atoms with Gasteiger partial charge in [0, 0.05) is 15.3 Å². The Balaban J connectivity index is 1.76. The van der Waals surface area contributed by atoms with Gasteiger partial charge in [-0.05, 0) is 47.2 Å². The van der Waals surface area contributed by atoms with Crippen LogP contribution >= 0.6 is 22.9 Å². The SMILES string of the molecule is O=C(COc1ccc(Cl)cc1)c1cccc2ccsc12. The van der Waals surface area contributed by atoms with Gasteiger partial charge in [-0.15, -0.1) is 11.3 Å². The Morgan fingerprint density at radius 2 is 1.90 bits per heavy atom. The van der Waals surface area contributed by atoms with E-state index in [2.05, 4.69) is 0 Å². The number of hydrogen-bond donors (Lipinski definition) is 0. The molecule has 0 atom stereocenters. The number of carbonyl (C=O) groups is 1. The molecule has 1 heterocycles. The minimum atomic E-state index is -0.0204. The monoisotopic (exact) mass is 302 g/mol. The van der Waals surface area contributed by atoms with Crippen LogP contribution in [-0.2, 0) is 0 Å². The Morgan fingerprint density at radius 1 is 1.10 bits per heavy atom. The molecule has 0 aliphatic heterocycles. The number of halogens is 1. The van der Waals surface area contributed by atoms with Gasteiger partial charge in [-0.25, -0.2) is 0 Å². The van der Waals surface area contributed by atoms with Crippen LogP contribution < -0.4 is 4.74 Å². The molecule has 0 aliphatic rings. The van der Waals surface area contributed by atoms with Crippen LogP contribution in [0.3, 0.4) is 0 Å². The first-order valence-corrected chi connectivity index (χ1v) is 7.37. The van der Waals surface area contributed by atoms with Crippen LogP contribution in [0, 0.1) is 0 Å². The highest BCUT2D eigenvalue weighted by Gasteiger charge is 2.11. The number of ether oxygens (including phenoxy) is 1. The number of Topliss-reactive ketones (excluding diaryl/α,β-unsaturated/α-hetero) is 1. The Kier molecular flexibility index (Phi) is 3.72. The number of thiophene rings is 1. The Labute approximate surface area is 125 Å². The summed E-state index contributed by atoms with van der Waals surface area (Å²) in [5.74, 6) is 0.620. The lowest BCUT2D eigenvalue weighted by Gasteiger charge is -2.06. The molecule has 0 N–H and O–H groups in total. The molecular weight excluding hydrogens is 292 g/mol. The normalized spacial score (nSPS) is 10.7. The zero-order chi connectivity index (χ0) is 13.9. The highest BCUT2D eigenvalue weighted by molar-refractivity contribution is 7.17. The third-order valence-corrected chi connectivity index (χ3v) is 4.18. The highest BCUT2D eigenvalue weighted by atomic mass is 35.5. The zero-order valence-electron chi connectivity index (χ0n) is 10.5. The Morgan fingerprint density at radius 3 is 2.70 bits per heavy atom. The predicted octanol–water partition coefficient (Wildman–Crippen LogP) is 4.82. The molecule has 3 rings (SSSR count). The maximum atomic E-state index is 12.3. The van der Waals surface area contributed by atoms with Crippen molar-refractivity contribution in [1.29, 1.82) is 0 Å². The summed E-state index contributed by atoms with van der Waals surface area (Å²) >= 11 is 7.37. The molecule has 0 bridgehead atoms. The average molecular weight is 303 g/mol. The molecule has 100 valence electrons. The van der Waals surface area contributed by atoms with E-state index in [1.54, 1.807) is 35.6 Å². The molecule has 20 heavy (non-hydrogen) atoms. The van der Waals surface area contributed by atoms with Gasteiger partial charge in [0.1, 0.15) is 5.75 Å². The molecule has 0 fully saturated rings. The van der Waals surface area contributed by atoms with Gasteiger partial charge in [-0.2, -0.15) is 0 Å². The summed E-state index contributed by atoms with van der Waals surface area (Å²) in [7, 11) is 0. The van der Waals surface area contributed by atoms with Crippen molar-refractivity contribution in [2.75, 3.05) is 6.61 Å². The summed E-state index contributed by atoms with van der Waals surface area (Å²) in [4.78, 5) is 12.3. The summed E-state index contributed by atoms with van der Waals surface area (Å²) in [5, 5.41) is 3.72. The second-order valence-electron chi connectivity index (χ2n) is 4.31. The van der Waals surface area contributed by atoms with Crippen molar-refractivity contribution in [2.24, 2.45) is 0 Å². The summed E-state index contributed by atoms with van der Waals surface area (Å²) in [5.41, 5.74) is 0.714. The molecule has 0 saturated heterocycles. The molecule has 0 amide bonds. The van der Waals surface area contributed by atoms with E-state index in [1.165, 1.54) is 0 Å². The lowest BCUT2D eigenvalue weighted by Crippen LogP contribution is -2.11. The summed E-state index contributed by atoms with van der Waals surface area (Å²) in [6.45, 7) is 0.0264. The molecular formula is C16H11ClO2S. The number of benzene rings is 2. The third kappa shape index (κ3) is 2.69. The van der Waals surface area contributed by atoms with E-state index in [-0.39, 0.29) is 12.4 Å². The van der Waals surface area contributed by atoms with Gasteiger partial charge < -0.3 is 4.74 Å². The van der Waals surface area contributed by atoms with Crippen molar-refractivity contribution >= 4 is 38.8 Å². The summed E-state index contributed by atoms with van der Waals surface area (Å²) in [6.07, 6.45) is 0. The second kappa shape index (κ2) is 5.65. The van der Waals surface area contributed by atoms with Crippen LogP contribution in [0.15, 0.2) is 53.9 Å². The molecule has 0 unspecified atom stereocenters. The molecule has 1 aromatic heterocycles. The number of ketones is 1. The van der Waals surface area contributed by atoms with Crippen molar-refractivity contribution in [3.63, 3.8) is 0 Å². The Hall–Kier alpha value is -1.84. The first-order chi connectivity index (χ1) is 9.74. The van der Waals surface area contributed by atoms with Gasteiger partial charge in [0.05, 0.1) is 0 Å². The van der Waals surface area contributed by atoms with Gasteiger partial charge in [-0.1, -0.05) is 23.7 Å². The molecule has 2 nitrogen and oxygen atoms in total. The minimum Gasteiger partial charge on any atom is -0.485 e. The van der Waals surface area contributed by atoms with Crippen molar-refractivity contribution in [3.8, 4) is 5.75 Å². The van der Waals surface area contributed by atoms with Gasteiger partial charge in [0.25, 0.3) is 0 Å². The topological polar surface area (TPSA) is 26.3 Å². The van der Waals surface area contributed by atoms with E-state index in [0.29, 0.717) is 16.3 Å². The van der Waals surface area contributed by atoms with Gasteiger partial charge in [-0.3, -0.25) is 4.79 Å². The molecule has 0 radical (unpaired) electrons. The van der Waals surface area contributed by atoms with Crippen LogP contribution in [-0.4, -0.2) is 12.4 Å². The number of hydrogen-bond acceptors (Lipinski definition) is 3. The van der Waals surface area contributed by atoms with Crippen LogP contribution in [0.4, 0.5) is 0 Å². The number of rotatable bonds is 4. The minimum absolute atomic E-state index is 0.0204. The molecule has 2 aromatic carbocycles. The summed E-state index contributed by atoms with van der Waals surface area (Å²) in [6, 6.07) is 14.7. The molecule has 4 heteroatoms. The lowest BCUT2D eigenvalue weighted by molar-refractivity contribution is 0.0923. The highest BCUT2D eigenvalue weighted by Crippen LogP contribution is 2.25. The van der Waals surface area contributed by atoms with Crippen LogP contribution in [0.5, 0.6) is 5.75 Å². The van der Waals surface area contributed by atoms with E-state index in [1.807, 2.05) is 29.6 Å². The molecule has 0 saturated carbocycles. The van der Waals surface area contributed by atoms with E-state index < -0.39 is 0 Å². The quantitative estimate of drug-likeness (QED) is 0.646. The van der Waals surface area contributed by atoms with Crippen LogP contribution in [0.2, 0.25) is 5.02 Å². The standard InChI is InChI=1S/C16H11ClO2S/c17-12-4-6-13(7-5-12)19-10-15(18)14-3-1-2-11-8-9-20-16(11)14/h1-9H,10H2. The maximum absolute atomic E-state index is 12.3. The van der Waals surface area contributed by atoms with Crippen molar-refractivity contribution < 1.29 is 9.53 Å². The number of carbonyl (C=O) groups excluding carboxylic acids is 1. The van der Waals surface area contributed by atoms with Crippen LogP contribution in [0.1, 0.15) is 10.4 Å². The fourth-order valence-electron chi connectivity index (χ4n) is 1.97. The molecule has 0 aliphatic carbocycles. The van der Waals surface area contributed by atoms with Gasteiger partial charge >= 0.3 is 0 Å². The average Bonchev–Trinajstić information content (AvgIpc) is 2.94. The maximum Gasteiger partial charge on any atom is 0.201 e. The first-order valence-electron chi connectivity index (χ1n) is 6.12. The van der Waals surface area contributed by atoms with Crippen molar-refractivity contribution in [1.82, 2.24) is 0 Å². The first kappa shape index (κ1) is 13.2. The third-order valence-electron chi connectivity index (χ3n) is 2.96. The smallest absolute Gasteiger partial charge is 0.201 e. The lowest BCUT2D eigenvalue weighted by atomic mass is 10.1. The fourth-order valence-corrected chi connectivity index (χ4v) is 3.03. The largest absolute Gasteiger partial charge is 0.485 e. The van der Waals surface area contributed by atoms with Crippen molar-refractivity contribution in [3.05, 3.63) is 64.5 Å². The second-order valence-corrected chi connectivity index (χ2v) is 5.66. The molecule has 0 spiro atoms. The van der Waals surface area contributed by atoms with E-state index in [9.17, 15) is 4.79 Å². The summed E-state index contributed by atoms with van der Waals surface area (Å²) < 4.78 is 6.51. The van der Waals surface area contributed by atoms with Crippen LogP contribution in [0.25, 0.3) is 10.1 Å². The molecule has 3 aromatic rings. The van der Waals surface area contributed by atoms with E-state index in [0.717, 1.165) is 10.1 Å². The van der Waals surface area contributed by atoms with E-state index >= 15 is 0 Å². The van der Waals surface area contributed by atoms with Gasteiger partial charge in [0.2, 0.25) is 5.78 Å². The van der Waals surface area contributed by atoms with E-state index in [4.69, 9.17) is 16.3 Å². The Bertz CT molecular complexity index is 747.